The van der Waals surface area contributed by atoms with Crippen molar-refractivity contribution in [2.45, 2.75) is 37.8 Å². The fourth-order valence-electron chi connectivity index (χ4n) is 1.91. The molecule has 1 amide bonds. The zero-order chi connectivity index (χ0) is 12.0. The van der Waals surface area contributed by atoms with Gasteiger partial charge in [0.15, 0.2) is 0 Å². The smallest absolute Gasteiger partial charge is 0.222 e. The highest BCUT2D eigenvalue weighted by atomic mass is 16.3. The summed E-state index contributed by atoms with van der Waals surface area (Å²) in [4.78, 5) is 13.4. The molecule has 0 spiro atoms. The van der Waals surface area contributed by atoms with E-state index in [2.05, 4.69) is 11.2 Å². The van der Waals surface area contributed by atoms with E-state index in [0.29, 0.717) is 19.5 Å². The number of hydrogen-bond donors (Lipinski definition) is 2. The van der Waals surface area contributed by atoms with Gasteiger partial charge in [0.2, 0.25) is 5.91 Å². The summed E-state index contributed by atoms with van der Waals surface area (Å²) in [5.74, 6) is 2.65. The van der Waals surface area contributed by atoms with Gasteiger partial charge in [-0.05, 0) is 12.8 Å². The van der Waals surface area contributed by atoms with E-state index >= 15 is 0 Å². The SMILES string of the molecule is C#CCCCCC(=O)N(C)[C@@H]1CNC[C@H]1O. The second-order valence-electron chi connectivity index (χ2n) is 4.21. The number of aliphatic hydroxyl groups is 1. The molecule has 1 heterocycles. The van der Waals surface area contributed by atoms with Gasteiger partial charge in [-0.25, -0.2) is 0 Å². The van der Waals surface area contributed by atoms with Crippen LogP contribution in [0.25, 0.3) is 0 Å². The Morgan fingerprint density at radius 3 is 2.88 bits per heavy atom. The summed E-state index contributed by atoms with van der Waals surface area (Å²) in [5.41, 5.74) is 0. The molecule has 0 saturated carbocycles. The van der Waals surface area contributed by atoms with Crippen LogP contribution >= 0.6 is 0 Å². The topological polar surface area (TPSA) is 52.6 Å². The van der Waals surface area contributed by atoms with E-state index in [9.17, 15) is 9.90 Å². The maximum Gasteiger partial charge on any atom is 0.222 e. The van der Waals surface area contributed by atoms with E-state index in [4.69, 9.17) is 6.42 Å². The molecule has 0 aromatic carbocycles. The van der Waals surface area contributed by atoms with Crippen LogP contribution in [0.15, 0.2) is 0 Å². The summed E-state index contributed by atoms with van der Waals surface area (Å²) in [6.45, 7) is 1.24. The monoisotopic (exact) mass is 224 g/mol. The van der Waals surface area contributed by atoms with Crippen molar-refractivity contribution in [1.29, 1.82) is 0 Å². The van der Waals surface area contributed by atoms with Gasteiger partial charge in [0.25, 0.3) is 0 Å². The number of terminal acetylenes is 1. The third-order valence-corrected chi connectivity index (χ3v) is 3.00. The Kier molecular flexibility index (Phi) is 5.30. The molecule has 90 valence electrons. The summed E-state index contributed by atoms with van der Waals surface area (Å²) in [5, 5.41) is 12.7. The first-order chi connectivity index (χ1) is 7.66. The molecule has 4 heteroatoms. The molecule has 0 unspecified atom stereocenters. The zero-order valence-corrected chi connectivity index (χ0v) is 9.78. The molecule has 0 radical (unpaired) electrons. The van der Waals surface area contributed by atoms with E-state index < -0.39 is 6.10 Å². The number of nitrogens with zero attached hydrogens (tertiary/aromatic N) is 1. The predicted octanol–water partition coefficient (Wildman–Crippen LogP) is -0.0289. The van der Waals surface area contributed by atoms with Crippen molar-refractivity contribution < 1.29 is 9.90 Å². The van der Waals surface area contributed by atoms with Crippen LogP contribution in [0.4, 0.5) is 0 Å². The minimum absolute atomic E-state index is 0.0832. The van der Waals surface area contributed by atoms with E-state index in [1.807, 2.05) is 0 Å². The first kappa shape index (κ1) is 13.0. The predicted molar refractivity (Wildman–Crippen MR) is 62.7 cm³/mol. The maximum atomic E-state index is 11.8. The highest BCUT2D eigenvalue weighted by Crippen LogP contribution is 2.10. The largest absolute Gasteiger partial charge is 0.390 e. The lowest BCUT2D eigenvalue weighted by molar-refractivity contribution is -0.133. The van der Waals surface area contributed by atoms with Crippen LogP contribution in [0.2, 0.25) is 0 Å². The van der Waals surface area contributed by atoms with Gasteiger partial charge < -0.3 is 15.3 Å². The molecule has 1 saturated heterocycles. The average Bonchev–Trinajstić information content (AvgIpc) is 2.69. The van der Waals surface area contributed by atoms with Crippen molar-refractivity contribution in [3.05, 3.63) is 0 Å². The van der Waals surface area contributed by atoms with Gasteiger partial charge in [-0.1, -0.05) is 0 Å². The number of carbonyl (C=O) groups excluding carboxylic acids is 1. The molecule has 2 N–H and O–H groups in total. The van der Waals surface area contributed by atoms with Gasteiger partial charge in [-0.2, -0.15) is 0 Å². The molecule has 4 nitrogen and oxygen atoms in total. The van der Waals surface area contributed by atoms with Gasteiger partial charge in [-0.15, -0.1) is 12.3 Å². The van der Waals surface area contributed by atoms with Crippen LogP contribution < -0.4 is 5.32 Å². The molecule has 0 aliphatic carbocycles. The molecular formula is C12H20N2O2. The van der Waals surface area contributed by atoms with Gasteiger partial charge in [-0.3, -0.25) is 4.79 Å². The number of nitrogens with one attached hydrogen (secondary N) is 1. The number of unbranched alkanes of at least 4 members (excludes halogenated alkanes) is 2. The molecule has 1 rings (SSSR count). The second-order valence-corrected chi connectivity index (χ2v) is 4.21. The van der Waals surface area contributed by atoms with Crippen LogP contribution in [-0.2, 0) is 4.79 Å². The lowest BCUT2D eigenvalue weighted by Gasteiger charge is -2.26. The third kappa shape index (κ3) is 3.51. The van der Waals surface area contributed by atoms with E-state index in [0.717, 1.165) is 19.3 Å². The van der Waals surface area contributed by atoms with Crippen LogP contribution in [0.1, 0.15) is 25.7 Å². The van der Waals surface area contributed by atoms with Crippen LogP contribution in [0.3, 0.4) is 0 Å². The van der Waals surface area contributed by atoms with Gasteiger partial charge >= 0.3 is 0 Å². The van der Waals surface area contributed by atoms with Crippen molar-refractivity contribution in [3.8, 4) is 12.3 Å². The number of amides is 1. The Bertz CT molecular complexity index is 273. The number of carbonyl (C=O) groups is 1. The van der Waals surface area contributed by atoms with Crippen LogP contribution in [0.5, 0.6) is 0 Å². The fourth-order valence-corrected chi connectivity index (χ4v) is 1.91. The Morgan fingerprint density at radius 1 is 1.56 bits per heavy atom. The summed E-state index contributed by atoms with van der Waals surface area (Å²) in [7, 11) is 1.75. The molecule has 0 bridgehead atoms. The molecule has 1 aliphatic heterocycles. The number of aliphatic hydroxyl groups excluding tert-OH is 1. The second kappa shape index (κ2) is 6.51. The van der Waals surface area contributed by atoms with Gasteiger partial charge in [0, 0.05) is 33.0 Å². The summed E-state index contributed by atoms with van der Waals surface area (Å²) in [6.07, 6.45) is 7.65. The van der Waals surface area contributed by atoms with Crippen molar-refractivity contribution in [2.75, 3.05) is 20.1 Å². The molecule has 1 fully saturated rings. The normalized spacial score (nSPS) is 24.1. The molecule has 16 heavy (non-hydrogen) atoms. The Morgan fingerprint density at radius 2 is 2.31 bits per heavy atom. The maximum absolute atomic E-state index is 11.8. The fraction of sp³-hybridized carbons (Fsp3) is 0.750. The highest BCUT2D eigenvalue weighted by molar-refractivity contribution is 5.76. The minimum atomic E-state index is -0.445. The van der Waals surface area contributed by atoms with Crippen molar-refractivity contribution in [3.63, 3.8) is 0 Å². The molecular weight excluding hydrogens is 204 g/mol. The Hall–Kier alpha value is -1.05. The number of likely N-dealkylation sites (N-methyl/N-ethyl adjacent to an activating group) is 1. The highest BCUT2D eigenvalue weighted by Gasteiger charge is 2.30. The van der Waals surface area contributed by atoms with Crippen molar-refractivity contribution in [1.82, 2.24) is 10.2 Å². The first-order valence-electron chi connectivity index (χ1n) is 5.74. The third-order valence-electron chi connectivity index (χ3n) is 3.00. The van der Waals surface area contributed by atoms with Gasteiger partial charge in [0.1, 0.15) is 0 Å². The van der Waals surface area contributed by atoms with Crippen molar-refractivity contribution >= 4 is 5.91 Å². The number of rotatable bonds is 5. The number of hydrogen-bond acceptors (Lipinski definition) is 3. The van der Waals surface area contributed by atoms with E-state index in [1.165, 1.54) is 0 Å². The van der Waals surface area contributed by atoms with Crippen LogP contribution in [-0.4, -0.2) is 48.2 Å². The van der Waals surface area contributed by atoms with Gasteiger partial charge in [0.05, 0.1) is 12.1 Å². The Labute approximate surface area is 97.0 Å². The van der Waals surface area contributed by atoms with Crippen molar-refractivity contribution in [2.24, 2.45) is 0 Å². The van der Waals surface area contributed by atoms with E-state index in [1.54, 1.807) is 11.9 Å². The molecule has 2 atom stereocenters. The standard InChI is InChI=1S/C12H20N2O2/c1-3-4-5-6-7-12(16)14(2)10-8-13-9-11(10)15/h1,10-11,13,15H,4-9H2,2H3/t10-,11-/m1/s1. The average molecular weight is 224 g/mol. The molecule has 0 aromatic rings. The molecule has 0 aromatic heterocycles. The molecule has 1 aliphatic rings. The minimum Gasteiger partial charge on any atom is -0.390 e. The summed E-state index contributed by atoms with van der Waals surface area (Å²) in [6, 6.07) is -0.0832. The Balaban J connectivity index is 2.27. The summed E-state index contributed by atoms with van der Waals surface area (Å²) >= 11 is 0. The van der Waals surface area contributed by atoms with Crippen LogP contribution in [0, 0.1) is 12.3 Å². The summed E-state index contributed by atoms with van der Waals surface area (Å²) < 4.78 is 0. The quantitative estimate of drug-likeness (QED) is 0.509. The lowest BCUT2D eigenvalue weighted by atomic mass is 10.1. The number of β-amino-alcohol motifs (C(OH)–C–C–N with tert-alkyl or cyclic N) is 1. The first-order valence-corrected chi connectivity index (χ1v) is 5.74. The van der Waals surface area contributed by atoms with E-state index in [-0.39, 0.29) is 11.9 Å². The zero-order valence-electron chi connectivity index (χ0n) is 9.78. The lowest BCUT2D eigenvalue weighted by Crippen LogP contribution is -2.44.